The fourth-order valence-electron chi connectivity index (χ4n) is 1.39. The Hall–Kier alpha value is -1.70. The van der Waals surface area contributed by atoms with Crippen molar-refractivity contribution in [3.8, 4) is 5.75 Å². The Balaban J connectivity index is 3.18. The van der Waals surface area contributed by atoms with E-state index in [2.05, 4.69) is 0 Å². The standard InChI is InChI=1S/C10H14N2O5/c1-17-6-2-3-7(8(4-6)12(15)16)10(14)9(13)5-11/h2-4,9-10,13-14H,5,11H2,1H3. The van der Waals surface area contributed by atoms with Gasteiger partial charge in [0.1, 0.15) is 11.9 Å². The van der Waals surface area contributed by atoms with E-state index in [4.69, 9.17) is 10.5 Å². The Bertz CT molecular complexity index is 410. The molecule has 94 valence electrons. The maximum absolute atomic E-state index is 10.8. The van der Waals surface area contributed by atoms with Gasteiger partial charge in [-0.05, 0) is 12.1 Å². The predicted octanol–water partition coefficient (Wildman–Crippen LogP) is -0.0436. The van der Waals surface area contributed by atoms with Crippen LogP contribution < -0.4 is 10.5 Å². The number of rotatable bonds is 5. The summed E-state index contributed by atoms with van der Waals surface area (Å²) in [5, 5.41) is 29.9. The van der Waals surface area contributed by atoms with Crippen LogP contribution in [0.2, 0.25) is 0 Å². The van der Waals surface area contributed by atoms with Crippen LogP contribution in [0.1, 0.15) is 11.7 Å². The maximum atomic E-state index is 10.8. The fourth-order valence-corrected chi connectivity index (χ4v) is 1.39. The molecule has 1 aromatic carbocycles. The van der Waals surface area contributed by atoms with Crippen molar-refractivity contribution >= 4 is 5.69 Å². The van der Waals surface area contributed by atoms with Gasteiger partial charge in [0.05, 0.1) is 29.8 Å². The van der Waals surface area contributed by atoms with Crippen molar-refractivity contribution in [2.75, 3.05) is 13.7 Å². The molecule has 0 saturated heterocycles. The van der Waals surface area contributed by atoms with Crippen molar-refractivity contribution in [1.29, 1.82) is 0 Å². The molecule has 7 heteroatoms. The Morgan fingerprint density at radius 1 is 1.53 bits per heavy atom. The van der Waals surface area contributed by atoms with Crippen LogP contribution in [-0.4, -0.2) is 34.9 Å². The maximum Gasteiger partial charge on any atom is 0.279 e. The molecule has 2 unspecified atom stereocenters. The molecule has 0 fully saturated rings. The molecule has 0 aromatic heterocycles. The summed E-state index contributed by atoms with van der Waals surface area (Å²) in [4.78, 5) is 10.2. The van der Waals surface area contributed by atoms with Crippen molar-refractivity contribution in [2.45, 2.75) is 12.2 Å². The van der Waals surface area contributed by atoms with E-state index >= 15 is 0 Å². The van der Waals surface area contributed by atoms with Gasteiger partial charge in [0.2, 0.25) is 0 Å². The minimum absolute atomic E-state index is 0.00810. The molecule has 0 radical (unpaired) electrons. The summed E-state index contributed by atoms with van der Waals surface area (Å²) in [5.74, 6) is 0.301. The second kappa shape index (κ2) is 5.58. The van der Waals surface area contributed by atoms with Crippen molar-refractivity contribution in [3.63, 3.8) is 0 Å². The Labute approximate surface area is 97.6 Å². The van der Waals surface area contributed by atoms with Gasteiger partial charge >= 0.3 is 0 Å². The van der Waals surface area contributed by atoms with Gasteiger partial charge in [0, 0.05) is 6.54 Å². The highest BCUT2D eigenvalue weighted by molar-refractivity contribution is 5.47. The normalized spacial score (nSPS) is 14.1. The van der Waals surface area contributed by atoms with Crippen LogP contribution >= 0.6 is 0 Å². The summed E-state index contributed by atoms with van der Waals surface area (Å²) >= 11 is 0. The molecular weight excluding hydrogens is 228 g/mol. The van der Waals surface area contributed by atoms with E-state index in [-0.39, 0.29) is 17.8 Å². The average molecular weight is 242 g/mol. The highest BCUT2D eigenvalue weighted by Crippen LogP contribution is 2.30. The van der Waals surface area contributed by atoms with Crippen LogP contribution in [0.15, 0.2) is 18.2 Å². The first-order valence-corrected chi connectivity index (χ1v) is 4.89. The monoisotopic (exact) mass is 242 g/mol. The van der Waals surface area contributed by atoms with Gasteiger partial charge in [-0.25, -0.2) is 0 Å². The lowest BCUT2D eigenvalue weighted by molar-refractivity contribution is -0.386. The first kappa shape index (κ1) is 13.4. The Kier molecular flexibility index (Phi) is 4.38. The molecule has 1 aromatic rings. The van der Waals surface area contributed by atoms with Gasteiger partial charge in [-0.15, -0.1) is 0 Å². The largest absolute Gasteiger partial charge is 0.497 e. The van der Waals surface area contributed by atoms with E-state index in [1.54, 1.807) is 0 Å². The third kappa shape index (κ3) is 2.90. The fraction of sp³-hybridized carbons (Fsp3) is 0.400. The molecule has 0 bridgehead atoms. The van der Waals surface area contributed by atoms with E-state index in [1.165, 1.54) is 25.3 Å². The topological polar surface area (TPSA) is 119 Å². The van der Waals surface area contributed by atoms with Crippen LogP contribution in [0, 0.1) is 10.1 Å². The number of aliphatic hydroxyl groups excluding tert-OH is 2. The number of methoxy groups -OCH3 is 1. The summed E-state index contributed by atoms with van der Waals surface area (Å²) in [5.41, 5.74) is 4.88. The van der Waals surface area contributed by atoms with E-state index in [9.17, 15) is 20.3 Å². The molecule has 0 aliphatic carbocycles. The minimum atomic E-state index is -1.40. The van der Waals surface area contributed by atoms with Crippen LogP contribution in [0.4, 0.5) is 5.69 Å². The van der Waals surface area contributed by atoms with Gasteiger partial charge in [0.15, 0.2) is 0 Å². The van der Waals surface area contributed by atoms with Crippen LogP contribution in [0.5, 0.6) is 5.75 Å². The summed E-state index contributed by atoms with van der Waals surface area (Å²) in [6.07, 6.45) is -2.64. The third-order valence-electron chi connectivity index (χ3n) is 2.36. The van der Waals surface area contributed by atoms with E-state index in [1.807, 2.05) is 0 Å². The number of benzene rings is 1. The number of nitrogens with zero attached hydrogens (tertiary/aromatic N) is 1. The number of hydrogen-bond acceptors (Lipinski definition) is 6. The smallest absolute Gasteiger partial charge is 0.279 e. The number of ether oxygens (including phenoxy) is 1. The Morgan fingerprint density at radius 3 is 2.65 bits per heavy atom. The number of nitro groups is 1. The molecule has 7 nitrogen and oxygen atoms in total. The van der Waals surface area contributed by atoms with Gasteiger partial charge in [-0.3, -0.25) is 10.1 Å². The summed E-state index contributed by atoms with van der Waals surface area (Å²) in [6.45, 7) is -0.190. The lowest BCUT2D eigenvalue weighted by Gasteiger charge is -2.16. The summed E-state index contributed by atoms with van der Waals surface area (Å²) in [7, 11) is 1.38. The molecule has 0 heterocycles. The van der Waals surface area contributed by atoms with Crippen LogP contribution in [0.25, 0.3) is 0 Å². The highest BCUT2D eigenvalue weighted by Gasteiger charge is 2.25. The SMILES string of the molecule is COc1ccc(C(O)C(O)CN)c([N+](=O)[O-])c1. The zero-order chi connectivity index (χ0) is 13.0. The zero-order valence-corrected chi connectivity index (χ0v) is 9.24. The average Bonchev–Trinajstić information content (AvgIpc) is 2.35. The van der Waals surface area contributed by atoms with Crippen molar-refractivity contribution < 1.29 is 19.9 Å². The molecular formula is C10H14N2O5. The molecule has 0 spiro atoms. The second-order valence-corrected chi connectivity index (χ2v) is 3.43. The lowest BCUT2D eigenvalue weighted by Crippen LogP contribution is -2.27. The first-order valence-electron chi connectivity index (χ1n) is 4.89. The quantitative estimate of drug-likeness (QED) is 0.492. The number of nitrogens with two attached hydrogens (primary N) is 1. The molecule has 2 atom stereocenters. The van der Waals surface area contributed by atoms with E-state index < -0.39 is 17.1 Å². The molecule has 0 amide bonds. The minimum Gasteiger partial charge on any atom is -0.497 e. The second-order valence-electron chi connectivity index (χ2n) is 3.43. The highest BCUT2D eigenvalue weighted by atomic mass is 16.6. The van der Waals surface area contributed by atoms with Crippen LogP contribution in [0.3, 0.4) is 0 Å². The number of aliphatic hydroxyl groups is 2. The third-order valence-corrected chi connectivity index (χ3v) is 2.36. The first-order chi connectivity index (χ1) is 8.01. The van der Waals surface area contributed by atoms with Crippen molar-refractivity contribution in [3.05, 3.63) is 33.9 Å². The molecule has 0 aliphatic rings. The summed E-state index contributed by atoms with van der Waals surface area (Å²) < 4.78 is 4.85. The molecule has 17 heavy (non-hydrogen) atoms. The van der Waals surface area contributed by atoms with Crippen molar-refractivity contribution in [1.82, 2.24) is 0 Å². The van der Waals surface area contributed by atoms with Gasteiger partial charge < -0.3 is 20.7 Å². The lowest BCUT2D eigenvalue weighted by atomic mass is 10.0. The van der Waals surface area contributed by atoms with E-state index in [0.29, 0.717) is 5.75 Å². The van der Waals surface area contributed by atoms with E-state index in [0.717, 1.165) is 0 Å². The molecule has 0 aliphatic heterocycles. The predicted molar refractivity (Wildman–Crippen MR) is 59.7 cm³/mol. The van der Waals surface area contributed by atoms with Gasteiger partial charge in [-0.2, -0.15) is 0 Å². The summed E-state index contributed by atoms with van der Waals surface area (Å²) in [6, 6.07) is 3.98. The van der Waals surface area contributed by atoms with Crippen LogP contribution in [-0.2, 0) is 0 Å². The Morgan fingerprint density at radius 2 is 2.18 bits per heavy atom. The number of hydrogen-bond donors (Lipinski definition) is 3. The molecule has 4 N–H and O–H groups in total. The molecule has 0 saturated carbocycles. The van der Waals surface area contributed by atoms with Crippen molar-refractivity contribution in [2.24, 2.45) is 5.73 Å². The van der Waals surface area contributed by atoms with Gasteiger partial charge in [0.25, 0.3) is 5.69 Å². The number of nitro benzene ring substituents is 1. The van der Waals surface area contributed by atoms with Gasteiger partial charge in [-0.1, -0.05) is 0 Å². The zero-order valence-electron chi connectivity index (χ0n) is 9.24. The molecule has 1 rings (SSSR count).